The fraction of sp³-hybridized carbons (Fsp3) is 0.571. The molecule has 0 fully saturated rings. The summed E-state index contributed by atoms with van der Waals surface area (Å²) in [4.78, 5) is 0. The molecule has 144 valence electrons. The molecule has 0 bridgehead atoms. The van der Waals surface area contributed by atoms with Gasteiger partial charge in [-0.05, 0) is 0 Å². The molecule has 12 heteroatoms. The van der Waals surface area contributed by atoms with E-state index in [-0.39, 0.29) is 23.7 Å². The van der Waals surface area contributed by atoms with E-state index in [0.717, 1.165) is 8.47 Å². The Morgan fingerprint density at radius 3 is 1.42 bits per heavy atom. The van der Waals surface area contributed by atoms with Crippen LogP contribution in [0.4, 0.5) is 0 Å². The highest BCUT2D eigenvalue weighted by atomic mass is 32.3. The molecular weight excluding hydrogens is 489 g/mol. The van der Waals surface area contributed by atoms with Gasteiger partial charge < -0.3 is 20.4 Å². The van der Waals surface area contributed by atoms with Crippen molar-refractivity contribution in [3.8, 4) is 0 Å². The molecule has 4 nitrogen and oxygen atoms in total. The maximum atomic E-state index is 10.2. The Bertz CT molecular complexity index is 626. The van der Waals surface area contributed by atoms with Gasteiger partial charge in [0, 0.05) is 11.5 Å². The zero-order valence-electron chi connectivity index (χ0n) is 13.2. The number of rotatable bonds is 4. The Kier molecular flexibility index (Phi) is 7.58. The quantitative estimate of drug-likeness (QED) is 0.450. The third-order valence-corrected chi connectivity index (χ3v) is 16.5. The van der Waals surface area contributed by atoms with Crippen molar-refractivity contribution >= 4 is 94.1 Å². The second-order valence-corrected chi connectivity index (χ2v) is 15.7. The molecule has 26 heavy (non-hydrogen) atoms. The van der Waals surface area contributed by atoms with E-state index >= 15 is 0 Å². The summed E-state index contributed by atoms with van der Waals surface area (Å²) in [5, 5.41) is 38.4. The first-order valence-electron chi connectivity index (χ1n) is 7.71. The van der Waals surface area contributed by atoms with Crippen molar-refractivity contribution in [1.29, 1.82) is 0 Å². The first kappa shape index (κ1) is 21.1. The predicted molar refractivity (Wildman–Crippen MR) is 125 cm³/mol. The van der Waals surface area contributed by atoms with Crippen molar-refractivity contribution in [3.63, 3.8) is 0 Å². The lowest BCUT2D eigenvalue weighted by atomic mass is 10.1. The molecule has 4 aliphatic rings. The number of hydrogen-bond donors (Lipinski definition) is 4. The molecular formula is C14H16O4S8. The van der Waals surface area contributed by atoms with Gasteiger partial charge >= 0.3 is 0 Å². The first-order chi connectivity index (χ1) is 12.6. The maximum absolute atomic E-state index is 10.2. The number of aliphatic hydroxyl groups is 4. The molecule has 4 heterocycles. The summed E-state index contributed by atoms with van der Waals surface area (Å²) in [7, 11) is 0. The molecule has 0 unspecified atom stereocenters. The highest BCUT2D eigenvalue weighted by Crippen LogP contribution is 2.69. The molecule has 0 saturated carbocycles. The van der Waals surface area contributed by atoms with Crippen LogP contribution < -0.4 is 0 Å². The SMILES string of the molecule is OC[C@@H](O)[C@H]1SC2=C(SC(=C3SC4=C(SCCS4)S3)S2)S[C@@H]1[C@H](O)CO. The molecule has 0 amide bonds. The van der Waals surface area contributed by atoms with E-state index in [0.29, 0.717) is 0 Å². The zero-order chi connectivity index (χ0) is 18.3. The van der Waals surface area contributed by atoms with Gasteiger partial charge in [0.25, 0.3) is 0 Å². The van der Waals surface area contributed by atoms with Crippen LogP contribution in [0.5, 0.6) is 0 Å². The smallest absolute Gasteiger partial charge is 0.0904 e. The van der Waals surface area contributed by atoms with Crippen molar-refractivity contribution in [2.24, 2.45) is 0 Å². The van der Waals surface area contributed by atoms with Gasteiger partial charge in [-0.2, -0.15) is 0 Å². The van der Waals surface area contributed by atoms with Crippen molar-refractivity contribution in [3.05, 3.63) is 25.4 Å². The van der Waals surface area contributed by atoms with E-state index in [4.69, 9.17) is 0 Å². The molecule has 0 aromatic carbocycles. The van der Waals surface area contributed by atoms with E-state index in [2.05, 4.69) is 0 Å². The molecule has 0 aromatic rings. The van der Waals surface area contributed by atoms with Crippen LogP contribution in [-0.2, 0) is 0 Å². The molecule has 4 N–H and O–H groups in total. The second-order valence-electron chi connectivity index (χ2n) is 5.49. The Morgan fingerprint density at radius 1 is 0.654 bits per heavy atom. The molecule has 0 radical (unpaired) electrons. The van der Waals surface area contributed by atoms with Gasteiger partial charge in [-0.25, -0.2) is 0 Å². The number of hydrogen-bond acceptors (Lipinski definition) is 12. The van der Waals surface area contributed by atoms with Crippen LogP contribution in [0.1, 0.15) is 0 Å². The van der Waals surface area contributed by atoms with Crippen molar-refractivity contribution in [1.82, 2.24) is 0 Å². The summed E-state index contributed by atoms with van der Waals surface area (Å²) >= 11 is 14.1. The minimum atomic E-state index is -0.924. The highest BCUT2D eigenvalue weighted by Gasteiger charge is 2.43. The van der Waals surface area contributed by atoms with Crippen molar-refractivity contribution in [2.45, 2.75) is 22.7 Å². The number of aliphatic hydroxyl groups excluding tert-OH is 4. The number of thioether (sulfide) groups is 8. The fourth-order valence-corrected chi connectivity index (χ4v) is 15.5. The van der Waals surface area contributed by atoms with Gasteiger partial charge in [-0.1, -0.05) is 47.0 Å². The molecule has 0 aliphatic carbocycles. The molecule has 0 spiro atoms. The predicted octanol–water partition coefficient (Wildman–Crippen LogP) is 3.73. The average molecular weight is 505 g/mol. The molecule has 0 aromatic heterocycles. The Labute approximate surface area is 186 Å². The second kappa shape index (κ2) is 9.34. The minimum absolute atomic E-state index is 0.343. The normalized spacial score (nSPS) is 31.4. The molecule has 4 rings (SSSR count). The van der Waals surface area contributed by atoms with Crippen LogP contribution in [0.3, 0.4) is 0 Å². The van der Waals surface area contributed by atoms with Crippen LogP contribution in [0.25, 0.3) is 0 Å². The standard InChI is InChI=1S/C14H16O4S8/c15-3-5(17)7-8(6(18)4-16)22-12-11(21-7)25-14(26-12)13-23-9-10(24-13)20-2-1-19-9/h5-8,15-18H,1-4H2/t5-,6-,7-,8-/m1/s1. The van der Waals surface area contributed by atoms with Crippen LogP contribution in [0, 0.1) is 0 Å². The van der Waals surface area contributed by atoms with Gasteiger partial charge in [-0.15, -0.1) is 47.0 Å². The monoisotopic (exact) mass is 504 g/mol. The van der Waals surface area contributed by atoms with Gasteiger partial charge in [0.2, 0.25) is 0 Å². The Balaban J connectivity index is 1.51. The topological polar surface area (TPSA) is 80.9 Å². The van der Waals surface area contributed by atoms with Crippen LogP contribution in [-0.4, -0.2) is 67.9 Å². The largest absolute Gasteiger partial charge is 0.394 e. The average Bonchev–Trinajstić information content (AvgIpc) is 3.28. The van der Waals surface area contributed by atoms with Crippen LogP contribution >= 0.6 is 94.1 Å². The summed E-state index contributed by atoms with van der Waals surface area (Å²) < 4.78 is 7.68. The lowest BCUT2D eigenvalue weighted by Gasteiger charge is -2.35. The van der Waals surface area contributed by atoms with Gasteiger partial charge in [-0.3, -0.25) is 0 Å². The van der Waals surface area contributed by atoms with E-state index in [1.807, 2.05) is 47.0 Å². The zero-order valence-corrected chi connectivity index (χ0v) is 19.7. The summed E-state index contributed by atoms with van der Waals surface area (Å²) in [5.74, 6) is 2.34. The summed E-state index contributed by atoms with van der Waals surface area (Å²) in [5.41, 5.74) is 0. The minimum Gasteiger partial charge on any atom is -0.394 e. The highest BCUT2D eigenvalue weighted by molar-refractivity contribution is 8.45. The van der Waals surface area contributed by atoms with Crippen LogP contribution in [0.15, 0.2) is 25.4 Å². The maximum Gasteiger partial charge on any atom is 0.0904 e. The third-order valence-electron chi connectivity index (χ3n) is 3.73. The van der Waals surface area contributed by atoms with Crippen molar-refractivity contribution in [2.75, 3.05) is 24.7 Å². The summed E-state index contributed by atoms with van der Waals surface area (Å²) in [6, 6.07) is 0. The van der Waals surface area contributed by atoms with E-state index in [9.17, 15) is 20.4 Å². The Hall–Kier alpha value is 1.86. The lowest BCUT2D eigenvalue weighted by Crippen LogP contribution is -2.44. The van der Waals surface area contributed by atoms with Gasteiger partial charge in [0.1, 0.15) is 0 Å². The Morgan fingerprint density at radius 2 is 1.04 bits per heavy atom. The first-order valence-corrected chi connectivity index (χ1v) is 14.7. The van der Waals surface area contributed by atoms with E-state index in [1.54, 1.807) is 23.5 Å². The van der Waals surface area contributed by atoms with Crippen molar-refractivity contribution < 1.29 is 20.4 Å². The summed E-state index contributed by atoms with van der Waals surface area (Å²) in [6.07, 6.45) is -1.85. The lowest BCUT2D eigenvalue weighted by molar-refractivity contribution is 0.0575. The van der Waals surface area contributed by atoms with E-state index < -0.39 is 12.2 Å². The van der Waals surface area contributed by atoms with Crippen LogP contribution in [0.2, 0.25) is 0 Å². The fourth-order valence-electron chi connectivity index (χ4n) is 2.49. The third kappa shape index (κ3) is 4.31. The molecule has 0 saturated heterocycles. The molecule has 4 atom stereocenters. The summed E-state index contributed by atoms with van der Waals surface area (Å²) in [6.45, 7) is -0.698. The molecule has 4 aliphatic heterocycles. The van der Waals surface area contributed by atoms with E-state index in [1.165, 1.54) is 52.0 Å². The van der Waals surface area contributed by atoms with Gasteiger partial charge in [0.05, 0.1) is 61.3 Å². The van der Waals surface area contributed by atoms with Gasteiger partial charge in [0.15, 0.2) is 0 Å².